The standard InChI is InChI=1S/C24H26Cl2FN3O4/c1-2-19(27)23(31)28-24(32)30-13-8-14(30)10-15(9-13)33-11-16-21(29-34-22(16)12-6-7-12)20-17(25)4-3-5-18(20)26/h2-5,12-15,19,23,31H,1,6-11H2,(H,28,32). The van der Waals surface area contributed by atoms with E-state index in [9.17, 15) is 14.3 Å². The Hall–Kier alpha value is -2.13. The van der Waals surface area contributed by atoms with Crippen LogP contribution in [0.25, 0.3) is 11.3 Å². The van der Waals surface area contributed by atoms with Crippen molar-refractivity contribution in [1.82, 2.24) is 15.4 Å². The highest BCUT2D eigenvalue weighted by Gasteiger charge is 2.48. The van der Waals surface area contributed by atoms with Gasteiger partial charge in [-0.15, -0.1) is 6.58 Å². The normalized spacial score (nSPS) is 25.4. The molecule has 2 N–H and O–H groups in total. The highest BCUT2D eigenvalue weighted by Crippen LogP contribution is 2.47. The number of amides is 2. The molecule has 3 heterocycles. The largest absolute Gasteiger partial charge is 0.373 e. The van der Waals surface area contributed by atoms with Gasteiger partial charge < -0.3 is 24.6 Å². The van der Waals surface area contributed by atoms with Gasteiger partial charge in [0.25, 0.3) is 0 Å². The van der Waals surface area contributed by atoms with Gasteiger partial charge in [-0.2, -0.15) is 0 Å². The topological polar surface area (TPSA) is 87.8 Å². The SMILES string of the molecule is C=CC(F)C(O)NC(=O)N1C2CC(OCc3c(-c4c(Cl)cccc4Cl)noc3C3CC3)CC1C2. The van der Waals surface area contributed by atoms with Crippen molar-refractivity contribution < 1.29 is 23.6 Å². The molecule has 2 saturated carbocycles. The van der Waals surface area contributed by atoms with Crippen molar-refractivity contribution >= 4 is 29.2 Å². The predicted octanol–water partition coefficient (Wildman–Crippen LogP) is 5.20. The Labute approximate surface area is 206 Å². The summed E-state index contributed by atoms with van der Waals surface area (Å²) in [5.41, 5.74) is 2.11. The molecule has 182 valence electrons. The number of carbonyl (C=O) groups excluding carboxylic acids is 1. The summed E-state index contributed by atoms with van der Waals surface area (Å²) in [5.74, 6) is 1.16. The number of hydrogen-bond acceptors (Lipinski definition) is 5. The molecule has 4 aliphatic rings. The lowest BCUT2D eigenvalue weighted by atomic mass is 9.78. The van der Waals surface area contributed by atoms with Gasteiger partial charge in [-0.05, 0) is 44.2 Å². The van der Waals surface area contributed by atoms with Crippen molar-refractivity contribution in [3.63, 3.8) is 0 Å². The zero-order valence-electron chi connectivity index (χ0n) is 18.4. The average molecular weight is 510 g/mol. The number of aliphatic hydroxyl groups is 1. The summed E-state index contributed by atoms with van der Waals surface area (Å²) in [7, 11) is 0. The minimum atomic E-state index is -1.72. The van der Waals surface area contributed by atoms with Gasteiger partial charge in [0.1, 0.15) is 11.5 Å². The van der Waals surface area contributed by atoms with Crippen molar-refractivity contribution in [2.75, 3.05) is 0 Å². The Morgan fingerprint density at radius 2 is 2.00 bits per heavy atom. The van der Waals surface area contributed by atoms with Gasteiger partial charge in [0.15, 0.2) is 12.4 Å². The van der Waals surface area contributed by atoms with Gasteiger partial charge in [0, 0.05) is 29.1 Å². The van der Waals surface area contributed by atoms with Crippen molar-refractivity contribution in [3.05, 3.63) is 52.2 Å². The number of nitrogens with zero attached hydrogens (tertiary/aromatic N) is 2. The Morgan fingerprint density at radius 3 is 2.62 bits per heavy atom. The number of ether oxygens (including phenoxy) is 1. The molecule has 0 radical (unpaired) electrons. The number of aromatic nitrogens is 1. The average Bonchev–Trinajstić information content (AvgIpc) is 3.57. The number of rotatable bonds is 8. The second-order valence-corrected chi connectivity index (χ2v) is 9.99. The minimum absolute atomic E-state index is 0.0133. The second-order valence-electron chi connectivity index (χ2n) is 9.17. The van der Waals surface area contributed by atoms with Gasteiger partial charge in [0.05, 0.1) is 22.8 Å². The van der Waals surface area contributed by atoms with Crippen LogP contribution in [0.15, 0.2) is 35.4 Å². The summed E-state index contributed by atoms with van der Waals surface area (Å²) >= 11 is 12.9. The van der Waals surface area contributed by atoms with Gasteiger partial charge in [-0.3, -0.25) is 0 Å². The highest BCUT2D eigenvalue weighted by atomic mass is 35.5. The molecule has 1 aromatic carbocycles. The summed E-state index contributed by atoms with van der Waals surface area (Å²) in [6.07, 6.45) is 1.87. The molecule has 2 aliphatic heterocycles. The van der Waals surface area contributed by atoms with E-state index in [2.05, 4.69) is 17.1 Å². The molecule has 2 saturated heterocycles. The Morgan fingerprint density at radius 1 is 1.32 bits per heavy atom. The number of carbonyl (C=O) groups is 1. The molecule has 4 fully saturated rings. The van der Waals surface area contributed by atoms with Crippen LogP contribution in [-0.4, -0.2) is 51.8 Å². The Kier molecular flexibility index (Phi) is 6.59. The van der Waals surface area contributed by atoms with E-state index in [1.165, 1.54) is 0 Å². The third-order valence-corrected chi connectivity index (χ3v) is 7.49. The van der Waals surface area contributed by atoms with E-state index in [1.54, 1.807) is 23.1 Å². The van der Waals surface area contributed by atoms with Crippen molar-refractivity contribution in [3.8, 4) is 11.3 Å². The number of hydrogen-bond donors (Lipinski definition) is 2. The molecular formula is C24H26Cl2FN3O4. The number of piperidine rings is 1. The molecule has 4 atom stereocenters. The summed E-state index contributed by atoms with van der Waals surface area (Å²) in [4.78, 5) is 14.1. The van der Waals surface area contributed by atoms with Gasteiger partial charge in [-0.25, -0.2) is 9.18 Å². The quantitative estimate of drug-likeness (QED) is 0.377. The third kappa shape index (κ3) is 4.44. The van der Waals surface area contributed by atoms with E-state index in [-0.39, 0.29) is 18.2 Å². The maximum atomic E-state index is 13.5. The second kappa shape index (κ2) is 9.49. The summed E-state index contributed by atoms with van der Waals surface area (Å²) < 4.78 is 25.5. The maximum Gasteiger partial charge on any atom is 0.320 e. The van der Waals surface area contributed by atoms with Crippen LogP contribution >= 0.6 is 23.2 Å². The lowest BCUT2D eigenvalue weighted by Crippen LogP contribution is -2.67. The van der Waals surface area contributed by atoms with E-state index in [4.69, 9.17) is 32.5 Å². The Bertz CT molecular complexity index is 1060. The smallest absolute Gasteiger partial charge is 0.320 e. The van der Waals surface area contributed by atoms with Gasteiger partial charge in [-0.1, -0.05) is 40.5 Å². The fraction of sp³-hybridized carbons (Fsp3) is 0.500. The molecule has 2 amide bonds. The number of fused-ring (bicyclic) bond motifs is 2. The van der Waals surface area contributed by atoms with E-state index < -0.39 is 18.4 Å². The van der Waals surface area contributed by atoms with E-state index in [0.29, 0.717) is 46.7 Å². The molecular weight excluding hydrogens is 484 g/mol. The van der Waals surface area contributed by atoms with Gasteiger partial charge in [0.2, 0.25) is 0 Å². The summed E-state index contributed by atoms with van der Waals surface area (Å²) in [6.45, 7) is 3.60. The highest BCUT2D eigenvalue weighted by molar-refractivity contribution is 6.39. The Balaban J connectivity index is 1.25. The monoisotopic (exact) mass is 509 g/mol. The third-order valence-electron chi connectivity index (χ3n) is 6.86. The fourth-order valence-electron chi connectivity index (χ4n) is 4.95. The van der Waals surface area contributed by atoms with Crippen molar-refractivity contribution in [2.45, 2.75) is 75.2 Å². The van der Waals surface area contributed by atoms with E-state index >= 15 is 0 Å². The van der Waals surface area contributed by atoms with Crippen LogP contribution in [0.3, 0.4) is 0 Å². The molecule has 1 aromatic heterocycles. The lowest BCUT2D eigenvalue weighted by molar-refractivity contribution is -0.0880. The van der Waals surface area contributed by atoms with Crippen LogP contribution in [0.4, 0.5) is 9.18 Å². The first kappa shape index (κ1) is 23.6. The van der Waals surface area contributed by atoms with Crippen LogP contribution < -0.4 is 5.32 Å². The van der Waals surface area contributed by atoms with E-state index in [1.807, 2.05) is 0 Å². The zero-order chi connectivity index (χ0) is 24.0. The molecule has 34 heavy (non-hydrogen) atoms. The molecule has 2 aliphatic carbocycles. The first-order valence-corrected chi connectivity index (χ1v) is 12.2. The minimum Gasteiger partial charge on any atom is -0.373 e. The van der Waals surface area contributed by atoms with Crippen molar-refractivity contribution in [2.24, 2.45) is 0 Å². The molecule has 4 unspecified atom stereocenters. The molecule has 6 rings (SSSR count). The van der Waals surface area contributed by atoms with Crippen LogP contribution in [0, 0.1) is 0 Å². The summed E-state index contributed by atoms with van der Waals surface area (Å²) in [5, 5.41) is 17.3. The number of aliphatic hydroxyl groups excluding tert-OH is 1. The number of benzene rings is 1. The molecule has 0 spiro atoms. The van der Waals surface area contributed by atoms with Crippen LogP contribution in [0.2, 0.25) is 10.0 Å². The van der Waals surface area contributed by atoms with Crippen molar-refractivity contribution in [1.29, 1.82) is 0 Å². The van der Waals surface area contributed by atoms with Crippen LogP contribution in [0.1, 0.15) is 49.3 Å². The van der Waals surface area contributed by atoms with Gasteiger partial charge >= 0.3 is 6.03 Å². The maximum absolute atomic E-state index is 13.5. The first-order chi connectivity index (χ1) is 16.4. The molecule has 7 nitrogen and oxygen atoms in total. The number of alkyl halides is 1. The molecule has 2 aromatic rings. The van der Waals surface area contributed by atoms with E-state index in [0.717, 1.165) is 36.7 Å². The van der Waals surface area contributed by atoms with Crippen LogP contribution in [-0.2, 0) is 11.3 Å². The first-order valence-electron chi connectivity index (χ1n) is 11.4. The fourth-order valence-corrected chi connectivity index (χ4v) is 5.53. The number of urea groups is 1. The lowest BCUT2D eigenvalue weighted by Gasteiger charge is -2.54. The number of nitrogens with one attached hydrogen (secondary N) is 1. The number of halogens is 3. The summed E-state index contributed by atoms with van der Waals surface area (Å²) in [6, 6.07) is 4.82. The molecule has 10 heteroatoms. The van der Waals surface area contributed by atoms with Crippen LogP contribution in [0.5, 0.6) is 0 Å². The molecule has 2 bridgehead atoms. The predicted molar refractivity (Wildman–Crippen MR) is 125 cm³/mol. The zero-order valence-corrected chi connectivity index (χ0v) is 19.9.